The van der Waals surface area contributed by atoms with Crippen LogP contribution < -0.4 is 14.2 Å². The smallest absolute Gasteiger partial charge is 0.285 e. The lowest BCUT2D eigenvalue weighted by molar-refractivity contribution is -0.242. The van der Waals surface area contributed by atoms with E-state index in [1.165, 1.54) is 31.4 Å². The molecule has 2 unspecified atom stereocenters. The van der Waals surface area contributed by atoms with Gasteiger partial charge in [0.1, 0.15) is 28.8 Å². The molecular formula is C28H32F4O8. The normalized spacial score (nSPS) is 24.6. The molecule has 1 aliphatic heterocycles. The minimum atomic E-state index is -2.98. The van der Waals surface area contributed by atoms with Crippen molar-refractivity contribution in [3.05, 3.63) is 48.5 Å². The second-order valence-corrected chi connectivity index (χ2v) is 9.81. The number of Topliss-reactive ketones (excluding diaryl/α,β-unsaturated/α-hetero) is 1. The molecule has 0 radical (unpaired) electrons. The monoisotopic (exact) mass is 572 g/mol. The lowest BCUT2D eigenvalue weighted by Crippen LogP contribution is -2.51. The highest BCUT2D eigenvalue weighted by atomic mass is 19.3. The Bertz CT molecular complexity index is 1100. The number of rotatable bonds is 7. The van der Waals surface area contributed by atoms with Crippen molar-refractivity contribution in [2.45, 2.75) is 68.4 Å². The zero-order valence-corrected chi connectivity index (χ0v) is 22.0. The summed E-state index contributed by atoms with van der Waals surface area (Å²) in [4.78, 5) is 11.2. The van der Waals surface area contributed by atoms with Gasteiger partial charge in [0, 0.05) is 45.6 Å². The third-order valence-electron chi connectivity index (χ3n) is 6.80. The van der Waals surface area contributed by atoms with Gasteiger partial charge in [-0.05, 0) is 48.5 Å². The van der Waals surface area contributed by atoms with E-state index in [1.807, 2.05) is 0 Å². The molecule has 2 aliphatic carbocycles. The Morgan fingerprint density at radius 3 is 2.00 bits per heavy atom. The van der Waals surface area contributed by atoms with E-state index in [0.29, 0.717) is 24.7 Å². The summed E-state index contributed by atoms with van der Waals surface area (Å²) >= 11 is 0. The molecule has 1 saturated heterocycles. The molecule has 12 heteroatoms. The number of ketones is 1. The van der Waals surface area contributed by atoms with Crippen molar-refractivity contribution in [3.63, 3.8) is 0 Å². The van der Waals surface area contributed by atoms with Gasteiger partial charge in [0.15, 0.2) is 24.8 Å². The van der Waals surface area contributed by atoms with E-state index in [-0.39, 0.29) is 56.2 Å². The zero-order chi connectivity index (χ0) is 28.8. The Labute approximate surface area is 229 Å². The average molecular weight is 573 g/mol. The Morgan fingerprint density at radius 2 is 1.38 bits per heavy atom. The van der Waals surface area contributed by atoms with Crippen LogP contribution in [0.4, 0.5) is 17.6 Å². The third-order valence-corrected chi connectivity index (χ3v) is 6.80. The van der Waals surface area contributed by atoms with Crippen molar-refractivity contribution >= 4 is 5.78 Å². The number of halogens is 4. The molecule has 0 aromatic heterocycles. The van der Waals surface area contributed by atoms with Crippen LogP contribution in [0.25, 0.3) is 0 Å². The Morgan fingerprint density at radius 1 is 0.825 bits per heavy atom. The summed E-state index contributed by atoms with van der Waals surface area (Å²) < 4.78 is 87.0. The highest BCUT2D eigenvalue weighted by Gasteiger charge is 2.55. The van der Waals surface area contributed by atoms with Crippen molar-refractivity contribution < 1.29 is 55.9 Å². The molecule has 0 bridgehead atoms. The number of benzene rings is 2. The number of alkyl halides is 4. The topological polar surface area (TPSA) is 92.7 Å². The first kappa shape index (κ1) is 29.9. The summed E-state index contributed by atoms with van der Waals surface area (Å²) in [5.41, 5.74) is 0. The highest BCUT2D eigenvalue weighted by Crippen LogP contribution is 2.44. The van der Waals surface area contributed by atoms with Crippen molar-refractivity contribution in [1.29, 1.82) is 0 Å². The van der Waals surface area contributed by atoms with Crippen molar-refractivity contribution in [1.82, 2.24) is 0 Å². The second-order valence-electron chi connectivity index (χ2n) is 9.81. The molecular weight excluding hydrogens is 540 g/mol. The number of methoxy groups -OCH3 is 1. The SMILES string of the molecule is COCOc1ccc(OC2CC3(CCC2(F)F)OCCO3)cc1.O=C1CCC(F)(F)C(Oc2ccc(O)cc2)C1. The summed E-state index contributed by atoms with van der Waals surface area (Å²) in [7, 11) is 1.52. The van der Waals surface area contributed by atoms with Gasteiger partial charge in [0.05, 0.1) is 13.2 Å². The van der Waals surface area contributed by atoms with Crippen LogP contribution in [0.3, 0.4) is 0 Å². The van der Waals surface area contributed by atoms with Crippen molar-refractivity contribution in [2.75, 3.05) is 27.1 Å². The molecule has 3 aliphatic rings. The van der Waals surface area contributed by atoms with Gasteiger partial charge >= 0.3 is 0 Å². The van der Waals surface area contributed by atoms with E-state index in [2.05, 4.69) is 0 Å². The number of aromatic hydroxyl groups is 1. The Hall–Kier alpha value is -3.09. The molecule has 1 N–H and O–H groups in total. The number of ether oxygens (including phenoxy) is 6. The maximum atomic E-state index is 14.2. The van der Waals surface area contributed by atoms with Crippen molar-refractivity contribution in [2.24, 2.45) is 0 Å². The predicted octanol–water partition coefficient (Wildman–Crippen LogP) is 5.51. The molecule has 1 spiro atoms. The van der Waals surface area contributed by atoms with Crippen LogP contribution in [0.15, 0.2) is 48.5 Å². The fourth-order valence-electron chi connectivity index (χ4n) is 4.59. The molecule has 2 saturated carbocycles. The van der Waals surface area contributed by atoms with Crippen LogP contribution in [-0.4, -0.2) is 67.8 Å². The molecule has 1 heterocycles. The van der Waals surface area contributed by atoms with Crippen LogP contribution in [0, 0.1) is 0 Å². The molecule has 8 nitrogen and oxygen atoms in total. The molecule has 2 atom stereocenters. The molecule has 5 rings (SSSR count). The van der Waals surface area contributed by atoms with Crippen LogP contribution in [-0.2, 0) is 19.0 Å². The quantitative estimate of drug-likeness (QED) is 0.343. The van der Waals surface area contributed by atoms with Gasteiger partial charge in [-0.1, -0.05) is 0 Å². The number of phenolic OH excluding ortho intramolecular Hbond substituents is 1. The largest absolute Gasteiger partial charge is 0.508 e. The van der Waals surface area contributed by atoms with E-state index in [1.54, 1.807) is 24.3 Å². The zero-order valence-electron chi connectivity index (χ0n) is 22.0. The summed E-state index contributed by atoms with van der Waals surface area (Å²) in [6.07, 6.45) is -3.63. The molecule has 3 fully saturated rings. The van der Waals surface area contributed by atoms with Gasteiger partial charge in [-0.25, -0.2) is 17.6 Å². The first-order valence-electron chi connectivity index (χ1n) is 12.9. The number of hydrogen-bond acceptors (Lipinski definition) is 8. The lowest BCUT2D eigenvalue weighted by atomic mass is 9.88. The summed E-state index contributed by atoms with van der Waals surface area (Å²) in [6.45, 7) is 0.992. The molecule has 2 aromatic rings. The second kappa shape index (κ2) is 12.6. The van der Waals surface area contributed by atoms with Gasteiger partial charge in [0.2, 0.25) is 0 Å². The molecule has 0 amide bonds. The minimum Gasteiger partial charge on any atom is -0.508 e. The molecule has 220 valence electrons. The first-order valence-corrected chi connectivity index (χ1v) is 12.9. The lowest BCUT2D eigenvalue weighted by Gasteiger charge is -2.40. The number of phenols is 1. The van der Waals surface area contributed by atoms with Crippen molar-refractivity contribution in [3.8, 4) is 23.0 Å². The first-order chi connectivity index (χ1) is 19.0. The minimum absolute atomic E-state index is 0.0158. The standard InChI is InChI=1S/C16H20F2O5.C12H12F2O3/c1-19-11-20-12-2-4-13(5-3-12)23-14-10-15(21-8-9-22-15)6-7-16(14,17)18;13-12(14)6-5-9(16)7-11(12)17-10-3-1-8(15)2-4-10/h2-5,14H,6-11H2,1H3;1-4,11,15H,5-7H2. The van der Waals surface area contributed by atoms with Crippen LogP contribution in [0.2, 0.25) is 0 Å². The number of hydrogen-bond donors (Lipinski definition) is 1. The van der Waals surface area contributed by atoms with Gasteiger partial charge < -0.3 is 33.5 Å². The maximum Gasteiger partial charge on any atom is 0.285 e. The Kier molecular flexibility index (Phi) is 9.42. The average Bonchev–Trinajstić information content (AvgIpc) is 3.38. The highest BCUT2D eigenvalue weighted by molar-refractivity contribution is 5.80. The van der Waals surface area contributed by atoms with Gasteiger partial charge in [-0.2, -0.15) is 0 Å². The Balaban J connectivity index is 0.000000194. The number of carbonyl (C=O) groups excluding carboxylic acids is 1. The summed E-state index contributed by atoms with van der Waals surface area (Å²) in [6, 6.07) is 12.0. The molecule has 2 aromatic carbocycles. The van der Waals surface area contributed by atoms with Gasteiger partial charge in [0.25, 0.3) is 11.8 Å². The van der Waals surface area contributed by atoms with E-state index in [0.717, 1.165) is 0 Å². The molecule has 40 heavy (non-hydrogen) atoms. The van der Waals surface area contributed by atoms with Crippen LogP contribution in [0.5, 0.6) is 23.0 Å². The van der Waals surface area contributed by atoms with E-state index in [9.17, 15) is 22.4 Å². The fourth-order valence-corrected chi connectivity index (χ4v) is 4.59. The predicted molar refractivity (Wildman–Crippen MR) is 133 cm³/mol. The summed E-state index contributed by atoms with van der Waals surface area (Å²) in [5, 5.41) is 9.05. The van der Waals surface area contributed by atoms with E-state index in [4.69, 9.17) is 33.5 Å². The summed E-state index contributed by atoms with van der Waals surface area (Å²) in [5.74, 6) is -5.83. The van der Waals surface area contributed by atoms with Gasteiger partial charge in [-0.3, -0.25) is 4.79 Å². The van der Waals surface area contributed by atoms with Crippen LogP contribution in [0.1, 0.15) is 38.5 Å². The third kappa shape index (κ3) is 7.76. The maximum absolute atomic E-state index is 14.2. The van der Waals surface area contributed by atoms with E-state index >= 15 is 0 Å². The van der Waals surface area contributed by atoms with Crippen LogP contribution >= 0.6 is 0 Å². The van der Waals surface area contributed by atoms with Gasteiger partial charge in [-0.15, -0.1) is 0 Å². The fraction of sp³-hybridized carbons (Fsp3) is 0.536. The van der Waals surface area contributed by atoms with E-state index < -0.39 is 36.3 Å². The number of carbonyl (C=O) groups is 1.